The zero-order valence-electron chi connectivity index (χ0n) is 52.6. The largest absolute Gasteiger partial charge is 0.496 e. The van der Waals surface area contributed by atoms with Gasteiger partial charge in [0, 0.05) is 60.5 Å². The number of hydrogen-bond acceptors (Lipinski definition) is 7. The lowest BCUT2D eigenvalue weighted by atomic mass is 9.97. The van der Waals surface area contributed by atoms with Gasteiger partial charge in [0.2, 0.25) is 0 Å². The number of carbonyl (C=O) groups excluding carboxylic acids is 2. The molecule has 11 rings (SSSR count). The number of aryl methyl sites for hydroxylation is 4. The van der Waals surface area contributed by atoms with E-state index in [-0.39, 0.29) is 28.7 Å². The number of rotatable bonds is 8. The van der Waals surface area contributed by atoms with Crippen LogP contribution in [0.15, 0.2) is 170 Å². The first-order valence-corrected chi connectivity index (χ1v) is 34.6. The first-order chi connectivity index (χ1) is 40.8. The fourth-order valence-corrected chi connectivity index (χ4v) is 21.2. The van der Waals surface area contributed by atoms with E-state index < -0.39 is 27.4 Å². The number of methoxy groups -OCH3 is 3. The second-order valence-corrected chi connectivity index (χ2v) is 35.4. The zero-order valence-corrected chi connectivity index (χ0v) is 55.3. The molecular formula is C72H83N4O7P3. The standard InChI is InChI=1S/C26H29N2O3P.C26H29N2O2P.C20H25O2P/c1-18-11-9-16-22(31-5)23(18)20-14-10-15-21-24(20)32(30,26(2,3)4)17-28(21)25(29)27-19-12-7-6-8-13-19;1-18-11-9-16-22(30-5)23(18)20-14-10-15-21-24(20)31(26(2,3)4)17-28(21)25(29)27-19-12-7-6-8-13-19;1-14-8-6-11-17(22-5)18(14)16-10-7-9-15-12-13-23(21,19(15)16)20(2,3)4/h6-16H,17H2,1-5H3,(H,27,29);6-16H,17H2,1-5H3,(H,27,29);6-11H,12-13H2,1-5H3. The summed E-state index contributed by atoms with van der Waals surface area (Å²) in [7, 11) is -1.01. The van der Waals surface area contributed by atoms with E-state index in [0.717, 1.165) is 90.8 Å². The van der Waals surface area contributed by atoms with E-state index in [1.165, 1.54) is 22.0 Å². The maximum absolute atomic E-state index is 14.7. The van der Waals surface area contributed by atoms with Gasteiger partial charge in [-0.3, -0.25) is 9.80 Å². The number of nitrogens with one attached hydrogen (secondary N) is 2. The van der Waals surface area contributed by atoms with Crippen LogP contribution in [0.3, 0.4) is 0 Å². The third kappa shape index (κ3) is 12.2. The highest BCUT2D eigenvalue weighted by Crippen LogP contribution is 2.65. The monoisotopic (exact) mass is 1210 g/mol. The SMILES string of the molecule is COc1cccc(C)c1-c1cccc2c1P(=O)(C(C)(C)C)CC2.COc1cccc(C)c1-c1cccc2c1P(=O)(C(C)(C)C)CN2C(=O)Nc1ccccc1.COc1cccc(C)c1-c1cccc2c1P(C(C)(C)C)CN2C(=O)Nc1ccccc1. The van der Waals surface area contributed by atoms with Crippen LogP contribution in [0, 0.1) is 20.8 Å². The lowest BCUT2D eigenvalue weighted by molar-refractivity contribution is 0.257. The van der Waals surface area contributed by atoms with Gasteiger partial charge < -0.3 is 34.0 Å². The van der Waals surface area contributed by atoms with Gasteiger partial charge >= 0.3 is 12.1 Å². The van der Waals surface area contributed by atoms with Crippen LogP contribution in [0.4, 0.5) is 32.3 Å². The van der Waals surface area contributed by atoms with Crippen molar-refractivity contribution < 1.29 is 32.9 Å². The first-order valence-electron chi connectivity index (χ1n) is 29.3. The molecule has 448 valence electrons. The third-order valence-corrected chi connectivity index (χ3v) is 28.2. The molecule has 86 heavy (non-hydrogen) atoms. The Kier molecular flexibility index (Phi) is 18.4. The number of fused-ring (bicyclic) bond motifs is 3. The topological polar surface area (TPSA) is 127 Å². The molecule has 3 heterocycles. The van der Waals surface area contributed by atoms with Crippen molar-refractivity contribution in [2.75, 3.05) is 60.5 Å². The first kappa shape index (κ1) is 63.1. The van der Waals surface area contributed by atoms with Crippen molar-refractivity contribution in [2.24, 2.45) is 0 Å². The van der Waals surface area contributed by atoms with Gasteiger partial charge in [-0.05, 0) is 134 Å². The summed E-state index contributed by atoms with van der Waals surface area (Å²) in [6.07, 6.45) is 2.55. The van der Waals surface area contributed by atoms with E-state index in [0.29, 0.717) is 17.7 Å². The number of para-hydroxylation sites is 2. The fourth-order valence-electron chi connectivity index (χ4n) is 12.0. The molecule has 0 aromatic heterocycles. The molecule has 8 aromatic rings. The third-order valence-electron chi connectivity index (χ3n) is 16.7. The van der Waals surface area contributed by atoms with Crippen molar-refractivity contribution >= 4 is 72.9 Å². The van der Waals surface area contributed by atoms with Crippen LogP contribution < -0.4 is 50.6 Å². The maximum Gasteiger partial charge on any atom is 0.326 e. The molecule has 2 N–H and O–H groups in total. The minimum atomic E-state index is -3.00. The average molecular weight is 1210 g/mol. The normalized spacial score (nSPS) is 17.6. The predicted octanol–water partition coefficient (Wildman–Crippen LogP) is 18.1. The van der Waals surface area contributed by atoms with Crippen LogP contribution in [0.1, 0.15) is 84.6 Å². The number of carbonyl (C=O) groups is 2. The van der Waals surface area contributed by atoms with Crippen molar-refractivity contribution in [3.8, 4) is 50.6 Å². The fraction of sp³-hybridized carbons (Fsp3) is 0.306. The van der Waals surface area contributed by atoms with Crippen LogP contribution in [0.5, 0.6) is 17.2 Å². The zero-order chi connectivity index (χ0) is 62.1. The van der Waals surface area contributed by atoms with Gasteiger partial charge in [-0.25, -0.2) is 9.59 Å². The van der Waals surface area contributed by atoms with E-state index in [9.17, 15) is 18.7 Å². The number of hydrogen-bond donors (Lipinski definition) is 2. The summed E-state index contributed by atoms with van der Waals surface area (Å²) in [5, 5.41) is 8.44. The van der Waals surface area contributed by atoms with Gasteiger partial charge in [0.05, 0.1) is 45.3 Å². The summed E-state index contributed by atoms with van der Waals surface area (Å²) in [6.45, 7) is 25.3. The predicted molar refractivity (Wildman–Crippen MR) is 364 cm³/mol. The minimum absolute atomic E-state index is 0.0535. The Morgan fingerprint density at radius 3 is 1.33 bits per heavy atom. The second kappa shape index (κ2) is 25.1. The van der Waals surface area contributed by atoms with Crippen LogP contribution >= 0.6 is 22.2 Å². The van der Waals surface area contributed by atoms with Gasteiger partial charge in [0.1, 0.15) is 31.5 Å². The number of nitrogens with zero attached hydrogens (tertiary/aromatic N) is 2. The average Bonchev–Trinajstić information content (AvgIpc) is 1.57. The van der Waals surface area contributed by atoms with Crippen molar-refractivity contribution in [2.45, 2.75) is 105 Å². The lowest BCUT2D eigenvalue weighted by Gasteiger charge is -2.30. The highest BCUT2D eigenvalue weighted by Gasteiger charge is 2.50. The quantitative estimate of drug-likeness (QED) is 0.145. The highest BCUT2D eigenvalue weighted by atomic mass is 31.2. The maximum atomic E-state index is 14.7. The molecular weight excluding hydrogens is 1130 g/mol. The molecule has 0 fully saturated rings. The number of ether oxygens (including phenoxy) is 3. The van der Waals surface area contributed by atoms with E-state index >= 15 is 0 Å². The van der Waals surface area contributed by atoms with Crippen LogP contribution in [-0.4, -0.2) is 67.6 Å². The summed E-state index contributed by atoms with van der Waals surface area (Å²) in [4.78, 5) is 30.1. The van der Waals surface area contributed by atoms with Crippen LogP contribution in [-0.2, 0) is 15.6 Å². The van der Waals surface area contributed by atoms with E-state index in [1.54, 1.807) is 26.2 Å². The molecule has 0 radical (unpaired) electrons. The Hall–Kier alpha value is -7.41. The van der Waals surface area contributed by atoms with Gasteiger partial charge in [0.25, 0.3) is 0 Å². The summed E-state index contributed by atoms with van der Waals surface area (Å²) < 4.78 is 45.6. The summed E-state index contributed by atoms with van der Waals surface area (Å²) >= 11 is 0. The minimum Gasteiger partial charge on any atom is -0.496 e. The number of urea groups is 2. The van der Waals surface area contributed by atoms with Crippen molar-refractivity contribution in [1.82, 2.24) is 0 Å². The smallest absolute Gasteiger partial charge is 0.326 e. The molecule has 3 unspecified atom stereocenters. The van der Waals surface area contributed by atoms with E-state index in [4.69, 9.17) is 14.2 Å². The molecule has 14 heteroatoms. The van der Waals surface area contributed by atoms with Crippen molar-refractivity contribution in [1.29, 1.82) is 0 Å². The molecule has 0 spiro atoms. The van der Waals surface area contributed by atoms with E-state index in [1.807, 2.05) is 160 Å². The Labute approximate surface area is 511 Å². The van der Waals surface area contributed by atoms with Gasteiger partial charge in [-0.1, -0.05) is 178 Å². The molecule has 11 nitrogen and oxygen atoms in total. The molecule has 3 atom stereocenters. The summed E-state index contributed by atoms with van der Waals surface area (Å²) in [5.74, 6) is 2.45. The van der Waals surface area contributed by atoms with Gasteiger partial charge in [-0.15, -0.1) is 0 Å². The number of amides is 4. The molecule has 0 saturated carbocycles. The van der Waals surface area contributed by atoms with Crippen molar-refractivity contribution in [3.05, 3.63) is 192 Å². The molecule has 3 aliphatic heterocycles. The number of benzene rings is 8. The molecule has 8 aromatic carbocycles. The van der Waals surface area contributed by atoms with Crippen LogP contribution in [0.2, 0.25) is 0 Å². The summed E-state index contributed by atoms with van der Waals surface area (Å²) in [5.41, 5.74) is 14.0. The molecule has 0 saturated heterocycles. The Morgan fingerprint density at radius 2 is 0.872 bits per heavy atom. The van der Waals surface area contributed by atoms with Gasteiger partial charge in [0.15, 0.2) is 0 Å². The molecule has 0 bridgehead atoms. The molecule has 4 amide bonds. The Balaban J connectivity index is 0.000000156. The van der Waals surface area contributed by atoms with Crippen molar-refractivity contribution in [3.63, 3.8) is 0 Å². The number of anilines is 4. The van der Waals surface area contributed by atoms with Gasteiger partial charge in [-0.2, -0.15) is 0 Å². The van der Waals surface area contributed by atoms with E-state index in [2.05, 4.69) is 108 Å². The Bertz CT molecular complexity index is 3920. The lowest BCUT2D eigenvalue weighted by Crippen LogP contribution is -2.34. The molecule has 0 aliphatic carbocycles. The summed E-state index contributed by atoms with van der Waals surface area (Å²) in [6, 6.07) is 55.1. The highest BCUT2D eigenvalue weighted by molar-refractivity contribution is 7.74. The second-order valence-electron chi connectivity index (χ2n) is 25.2. The molecule has 3 aliphatic rings. The Morgan fingerprint density at radius 1 is 0.465 bits per heavy atom. The van der Waals surface area contributed by atoms with Crippen LogP contribution in [0.25, 0.3) is 33.4 Å².